The zero-order chi connectivity index (χ0) is 9.68. The highest BCUT2D eigenvalue weighted by molar-refractivity contribution is 7.79. The fraction of sp³-hybridized carbons (Fsp3) is 0. The Labute approximate surface area is 83.0 Å². The summed E-state index contributed by atoms with van der Waals surface area (Å²) in [5.74, 6) is 0. The van der Waals surface area contributed by atoms with Crippen molar-refractivity contribution in [1.29, 1.82) is 0 Å². The van der Waals surface area contributed by atoms with Crippen LogP contribution in [0.5, 0.6) is 0 Å². The molecule has 0 N–H and O–H groups in total. The second-order valence-corrected chi connectivity index (χ2v) is 3.20. The molecule has 0 aliphatic carbocycles. The van der Waals surface area contributed by atoms with E-state index in [2.05, 4.69) is 22.4 Å². The molecule has 0 aliphatic rings. The van der Waals surface area contributed by atoms with Crippen molar-refractivity contribution < 1.29 is 8.76 Å². The fourth-order valence-electron chi connectivity index (χ4n) is 0.740. The van der Waals surface area contributed by atoms with Gasteiger partial charge in [0.1, 0.15) is 5.49 Å². The van der Waals surface area contributed by atoms with Crippen LogP contribution >= 0.6 is 12.2 Å². The van der Waals surface area contributed by atoms with Crippen LogP contribution in [-0.2, 0) is 11.1 Å². The molecule has 1 aromatic rings. The van der Waals surface area contributed by atoms with Crippen molar-refractivity contribution in [2.75, 3.05) is 0 Å². The molecule has 0 heterocycles. The van der Waals surface area contributed by atoms with Gasteiger partial charge in [0.05, 0.1) is 5.69 Å². The second kappa shape index (κ2) is 4.90. The average molecular weight is 213 g/mol. The minimum absolute atomic E-state index is 0.181. The van der Waals surface area contributed by atoms with Gasteiger partial charge >= 0.3 is 0 Å². The number of rotatable bonds is 3. The number of nitrogens with zero attached hydrogens (tertiary/aromatic N) is 2. The topological polar surface area (TPSA) is 64.8 Å². The van der Waals surface area contributed by atoms with E-state index in [0.717, 1.165) is 5.49 Å². The Bertz CT molecular complexity index is 365. The molecule has 0 bridgehead atoms. The largest absolute Gasteiger partial charge is 0.768 e. The van der Waals surface area contributed by atoms with E-state index >= 15 is 0 Å². The molecule has 0 aliphatic heterocycles. The number of azo groups is 1. The fourth-order valence-corrected chi connectivity index (χ4v) is 1.19. The van der Waals surface area contributed by atoms with E-state index in [1.807, 2.05) is 0 Å². The number of hydrogen-bond donors (Lipinski definition) is 0. The summed E-state index contributed by atoms with van der Waals surface area (Å²) in [5, 5.41) is 7.12. The molecule has 1 rings (SSSR count). The predicted molar refractivity (Wildman–Crippen MR) is 51.8 cm³/mol. The Morgan fingerprint density at radius 3 is 2.92 bits per heavy atom. The maximum atomic E-state index is 10.5. The van der Waals surface area contributed by atoms with Crippen LogP contribution in [0.15, 0.2) is 39.4 Å². The molecular weight excluding hydrogens is 208 g/mol. The molecule has 0 spiro atoms. The summed E-state index contributed by atoms with van der Waals surface area (Å²) in [7, 11) is 0. The third kappa shape index (κ3) is 3.10. The van der Waals surface area contributed by atoms with Crippen LogP contribution < -0.4 is 0 Å². The van der Waals surface area contributed by atoms with Crippen molar-refractivity contribution in [2.24, 2.45) is 10.2 Å². The maximum absolute atomic E-state index is 10.5. The van der Waals surface area contributed by atoms with Crippen LogP contribution in [0.2, 0.25) is 0 Å². The first kappa shape index (κ1) is 10.1. The SMILES string of the molecule is O=S([O-])c1cccc(N=NC=S)c1. The molecule has 0 saturated heterocycles. The first-order chi connectivity index (χ1) is 6.24. The molecule has 1 aromatic carbocycles. The van der Waals surface area contributed by atoms with Gasteiger partial charge in [0.15, 0.2) is 0 Å². The minimum Gasteiger partial charge on any atom is -0.768 e. The highest BCUT2D eigenvalue weighted by Gasteiger charge is 1.93. The Kier molecular flexibility index (Phi) is 3.81. The van der Waals surface area contributed by atoms with Crippen molar-refractivity contribution in [3.05, 3.63) is 24.3 Å². The molecule has 0 aromatic heterocycles. The van der Waals surface area contributed by atoms with Gasteiger partial charge in [-0.1, -0.05) is 18.3 Å². The van der Waals surface area contributed by atoms with Crippen LogP contribution in [0.1, 0.15) is 0 Å². The van der Waals surface area contributed by atoms with Crippen LogP contribution in [0.4, 0.5) is 5.69 Å². The first-order valence-electron chi connectivity index (χ1n) is 3.28. The zero-order valence-electron chi connectivity index (χ0n) is 6.41. The van der Waals surface area contributed by atoms with E-state index < -0.39 is 11.1 Å². The van der Waals surface area contributed by atoms with E-state index in [0.29, 0.717) is 5.69 Å². The highest BCUT2D eigenvalue weighted by Crippen LogP contribution is 2.15. The van der Waals surface area contributed by atoms with E-state index in [9.17, 15) is 8.76 Å². The molecule has 4 nitrogen and oxygen atoms in total. The van der Waals surface area contributed by atoms with Gasteiger partial charge in [0, 0.05) is 4.90 Å². The minimum atomic E-state index is -2.23. The maximum Gasteiger partial charge on any atom is 0.112 e. The molecule has 0 fully saturated rings. The van der Waals surface area contributed by atoms with Crippen molar-refractivity contribution in [3.63, 3.8) is 0 Å². The van der Waals surface area contributed by atoms with Gasteiger partial charge in [0.25, 0.3) is 0 Å². The molecule has 0 amide bonds. The monoisotopic (exact) mass is 213 g/mol. The molecule has 13 heavy (non-hydrogen) atoms. The Hall–Kier alpha value is -0.980. The Morgan fingerprint density at radius 2 is 2.31 bits per heavy atom. The van der Waals surface area contributed by atoms with Crippen LogP contribution in [0, 0.1) is 0 Å². The summed E-state index contributed by atoms with van der Waals surface area (Å²) >= 11 is 2.20. The van der Waals surface area contributed by atoms with Crippen molar-refractivity contribution >= 4 is 34.5 Å². The number of hydrogen-bond acceptors (Lipinski definition) is 4. The summed E-state index contributed by atoms with van der Waals surface area (Å²) in [4.78, 5) is 0.181. The number of thiocarbonyl (C=S) groups is 1. The summed E-state index contributed by atoms with van der Waals surface area (Å²) in [6.45, 7) is 0. The third-order valence-corrected chi connectivity index (χ3v) is 1.96. The lowest BCUT2D eigenvalue weighted by molar-refractivity contribution is 0.537. The molecule has 0 radical (unpaired) electrons. The average Bonchev–Trinajstić information content (AvgIpc) is 2.15. The van der Waals surface area contributed by atoms with Gasteiger partial charge in [0.2, 0.25) is 0 Å². The van der Waals surface area contributed by atoms with Crippen molar-refractivity contribution in [3.8, 4) is 0 Å². The normalized spacial score (nSPS) is 13.0. The first-order valence-corrected chi connectivity index (χ1v) is 4.82. The standard InChI is InChI=1S/C7H6N2O2S2/c10-13(11)7-3-1-2-6(4-7)9-8-5-12/h1-5H,(H,10,11)/p-1. The van der Waals surface area contributed by atoms with Gasteiger partial charge in [-0.25, -0.2) is 0 Å². The molecule has 0 saturated carbocycles. The van der Waals surface area contributed by atoms with E-state index in [4.69, 9.17) is 0 Å². The van der Waals surface area contributed by atoms with Gasteiger partial charge in [-0.15, -0.1) is 5.11 Å². The lowest BCUT2D eigenvalue weighted by Crippen LogP contribution is -1.86. The van der Waals surface area contributed by atoms with Crippen LogP contribution in [-0.4, -0.2) is 14.3 Å². The molecule has 6 heteroatoms. The second-order valence-electron chi connectivity index (χ2n) is 2.05. The zero-order valence-corrected chi connectivity index (χ0v) is 8.05. The lowest BCUT2D eigenvalue weighted by atomic mass is 10.3. The van der Waals surface area contributed by atoms with Crippen LogP contribution in [0.3, 0.4) is 0 Å². The van der Waals surface area contributed by atoms with Gasteiger partial charge < -0.3 is 4.55 Å². The summed E-state index contributed by atoms with van der Waals surface area (Å²) in [6, 6.07) is 6.10. The van der Waals surface area contributed by atoms with Gasteiger partial charge in [-0.05, 0) is 29.3 Å². The van der Waals surface area contributed by atoms with Gasteiger partial charge in [-0.3, -0.25) is 4.21 Å². The third-order valence-electron chi connectivity index (χ3n) is 1.23. The number of benzene rings is 1. The highest BCUT2D eigenvalue weighted by atomic mass is 32.2. The van der Waals surface area contributed by atoms with Gasteiger partial charge in [-0.2, -0.15) is 5.11 Å². The van der Waals surface area contributed by atoms with Crippen molar-refractivity contribution in [1.82, 2.24) is 0 Å². The van der Waals surface area contributed by atoms with Crippen LogP contribution in [0.25, 0.3) is 0 Å². The van der Waals surface area contributed by atoms with Crippen molar-refractivity contribution in [2.45, 2.75) is 4.90 Å². The molecule has 1 unspecified atom stereocenters. The Morgan fingerprint density at radius 1 is 1.54 bits per heavy atom. The summed E-state index contributed by atoms with van der Waals surface area (Å²) in [6.07, 6.45) is 0. The van der Waals surface area contributed by atoms with E-state index in [1.165, 1.54) is 12.1 Å². The lowest BCUT2D eigenvalue weighted by Gasteiger charge is -2.03. The Balaban J connectivity index is 2.98. The molecule has 1 atom stereocenters. The predicted octanol–water partition coefficient (Wildman–Crippen LogP) is 1.97. The quantitative estimate of drug-likeness (QED) is 0.438. The smallest absolute Gasteiger partial charge is 0.112 e. The van der Waals surface area contributed by atoms with E-state index in [1.54, 1.807) is 12.1 Å². The molecular formula is C7H5N2O2S2-. The summed E-state index contributed by atoms with van der Waals surface area (Å²) in [5.41, 5.74) is 1.57. The van der Waals surface area contributed by atoms with E-state index in [-0.39, 0.29) is 4.90 Å². The summed E-state index contributed by atoms with van der Waals surface area (Å²) < 4.78 is 21.1. The molecule has 68 valence electrons.